The third kappa shape index (κ3) is 8.32. The molecular weight excluding hydrogens is 1070 g/mol. The summed E-state index contributed by atoms with van der Waals surface area (Å²) in [6.45, 7) is 0. The van der Waals surface area contributed by atoms with Crippen LogP contribution in [0.1, 0.15) is 71.3 Å². The summed E-state index contributed by atoms with van der Waals surface area (Å²) in [5, 5.41) is -9.04. The molecule has 2 aromatic heterocycles. The molecule has 0 radical (unpaired) electrons. The third-order valence-corrected chi connectivity index (χ3v) is 15.9. The quantitative estimate of drug-likeness (QED) is 0.146. The minimum atomic E-state index is -1.06. The first-order valence-corrected chi connectivity index (χ1v) is 26.9. The van der Waals surface area contributed by atoms with Crippen molar-refractivity contribution in [2.45, 2.75) is 0 Å². The van der Waals surface area contributed by atoms with Gasteiger partial charge in [-0.2, -0.15) is 0 Å². The van der Waals surface area contributed by atoms with Crippen molar-refractivity contribution in [1.29, 1.82) is 0 Å². The van der Waals surface area contributed by atoms with E-state index in [9.17, 15) is 26.0 Å². The monoisotopic (exact) mass is 1180 g/mol. The first-order chi connectivity index (χ1) is 64.3. The highest BCUT2D eigenvalue weighted by Crippen LogP contribution is 2.48. The van der Waals surface area contributed by atoms with E-state index < -0.39 is 446 Å². The van der Waals surface area contributed by atoms with Gasteiger partial charge >= 0.3 is 0 Å². The number of hydrogen-bond acceptors (Lipinski definition) is 2. The highest BCUT2D eigenvalue weighted by molar-refractivity contribution is 7.26. The molecule has 400 valence electrons. The van der Waals surface area contributed by atoms with Gasteiger partial charge in [-0.1, -0.05) is 272 Å². The lowest BCUT2D eigenvalue weighted by molar-refractivity contribution is 1.63. The Morgan fingerprint density at radius 3 is 1.00 bits per heavy atom. The van der Waals surface area contributed by atoms with Gasteiger partial charge in [0.25, 0.3) is 0 Å². The Hall–Kier alpha value is -10.5. The predicted octanol–water partition coefficient (Wildman–Crippen LogP) is 25.0. The van der Waals surface area contributed by atoms with Crippen LogP contribution in [-0.2, 0) is 0 Å². The Kier molecular flexibility index (Phi) is 4.90. The second-order valence-electron chi connectivity index (χ2n) is 18.5. The van der Waals surface area contributed by atoms with Crippen LogP contribution in [0.2, 0.25) is 0 Å². The normalized spacial score (nSPS) is 20.2. The standard InChI is InChI=1S/2C42H26S/c1-2-15-31-27(11-1)12-10-21-32(31)28-13-9-14-29(25-28)41-34-17-3-5-19-36(34)42(37-20-6-4-18-35(37)41)30-23-24-40-38(26-30)33-16-7-8-22-39(33)43-40;1-2-12-31-28(10-1)11-9-18-33(31)42-36-16-5-3-14-34(36)41(35-15-4-6-17-37(35)42)29-22-20-27(21-23-29)30-24-25-40-38(26-30)32-13-7-8-19-39(32)43-40/h2*1-26H/i2*1D,2D,3D,4D,5D,6D,7D,8D,9D,10D,11D,12D,13D,14D,15D,16D,17D,18D,19D,20D,21D,22D,23D,24D,25D,26D. The zero-order valence-corrected chi connectivity index (χ0v) is 44.4. The molecule has 0 aliphatic carbocycles. The Balaban J connectivity index is 0.000000191. The molecule has 86 heavy (non-hydrogen) atoms. The van der Waals surface area contributed by atoms with Crippen LogP contribution in [0.15, 0.2) is 314 Å². The zero-order valence-electron chi connectivity index (χ0n) is 94.8. The number of benzene rings is 16. The van der Waals surface area contributed by atoms with Crippen LogP contribution >= 0.6 is 22.7 Å². The van der Waals surface area contributed by atoms with Gasteiger partial charge in [0.15, 0.2) is 0 Å². The second kappa shape index (κ2) is 20.7. The van der Waals surface area contributed by atoms with Gasteiger partial charge in [-0.25, -0.2) is 0 Å². The van der Waals surface area contributed by atoms with Gasteiger partial charge < -0.3 is 0 Å². The molecule has 0 saturated carbocycles. The van der Waals surface area contributed by atoms with Crippen molar-refractivity contribution in [2.24, 2.45) is 0 Å². The predicted molar refractivity (Wildman–Crippen MR) is 376 cm³/mol. The molecule has 2 heterocycles. The summed E-state index contributed by atoms with van der Waals surface area (Å²) in [4.78, 5) is 0. The van der Waals surface area contributed by atoms with Gasteiger partial charge in [0.05, 0.1) is 71.3 Å². The number of thiophene rings is 2. The molecule has 16 aromatic carbocycles. The molecule has 0 bridgehead atoms. The van der Waals surface area contributed by atoms with Crippen molar-refractivity contribution in [1.82, 2.24) is 0 Å². The van der Waals surface area contributed by atoms with Crippen molar-refractivity contribution < 1.29 is 71.3 Å². The number of hydrogen-bond donors (Lipinski definition) is 0. The molecule has 0 spiro atoms. The average molecular weight is 1180 g/mol. The highest BCUT2D eigenvalue weighted by Gasteiger charge is 2.21. The zero-order chi connectivity index (χ0) is 102. The number of rotatable bonds is 6. The average Bonchev–Trinajstić information content (AvgIpc) is 0.808. The maximum atomic E-state index is 9.80. The van der Waals surface area contributed by atoms with Crippen molar-refractivity contribution in [3.8, 4) is 66.8 Å². The fourth-order valence-corrected chi connectivity index (χ4v) is 12.1. The van der Waals surface area contributed by atoms with Crippen LogP contribution in [0.3, 0.4) is 0 Å². The second-order valence-corrected chi connectivity index (χ2v) is 20.6. The molecule has 0 fully saturated rings. The fourth-order valence-electron chi connectivity index (χ4n) is 10.3. The van der Waals surface area contributed by atoms with Gasteiger partial charge in [0.2, 0.25) is 0 Å². The SMILES string of the molecule is [2H]c1c([2H])c(-c2c([2H])c([2H])c([2H])c3c([2H])c([2H])c([2H])c([2H])c23)c([2H])c(-c2c3c([2H])c([2H])c([2H])c([2H])c3c(-c3c([2H])c([2H])c4sc5c([2H])c([2H])c([2H])c([2H])c5c4c3[2H])c3c([2H])c([2H])c([2H])c([2H])c23)c1[2H].[2H]c1c([2H])c(-c2c3c([2H])c([2H])c([2H])c([2H])c3c(-c3c([2H])c([2H])c([2H])c4c([2H])c([2H])c([2H])c([2H])c34)c3c([2H])c([2H])c([2H])c([2H])c23)c([2H])c([2H])c1-c1c([2H])c([2H])c2sc3c([2H])c([2H])c([2H])c([2H])c3c2c1[2H]. The van der Waals surface area contributed by atoms with E-state index in [0.29, 0.717) is 22.7 Å². The molecule has 2 heteroatoms. The van der Waals surface area contributed by atoms with Crippen LogP contribution in [-0.4, -0.2) is 0 Å². The molecule has 0 aliphatic rings. The molecule has 0 saturated heterocycles. The molecule has 0 aliphatic heterocycles. The van der Waals surface area contributed by atoms with E-state index in [2.05, 4.69) is 0 Å². The lowest BCUT2D eigenvalue weighted by atomic mass is 9.84. The summed E-state index contributed by atoms with van der Waals surface area (Å²) < 4.78 is 465. The van der Waals surface area contributed by atoms with E-state index in [0.717, 1.165) is 0 Å². The van der Waals surface area contributed by atoms with Crippen molar-refractivity contribution in [3.63, 3.8) is 0 Å². The Labute approximate surface area is 579 Å². The first-order valence-electron chi connectivity index (χ1n) is 51.3. The smallest absolute Gasteiger partial charge is 0.0638 e. The molecular formula is C84H52S2. The molecule has 0 atom stereocenters. The van der Waals surface area contributed by atoms with Gasteiger partial charge in [0.1, 0.15) is 0 Å². The molecule has 0 N–H and O–H groups in total. The first kappa shape index (κ1) is 20.4. The largest absolute Gasteiger partial charge is 0.135 e. The molecule has 0 amide bonds. The van der Waals surface area contributed by atoms with E-state index in [1.165, 1.54) is 0 Å². The Morgan fingerprint density at radius 2 is 0.488 bits per heavy atom. The molecule has 0 unspecified atom stereocenters. The lowest BCUT2D eigenvalue weighted by Gasteiger charge is -2.19. The number of fused-ring (bicyclic) bond motifs is 12. The van der Waals surface area contributed by atoms with E-state index >= 15 is 0 Å². The van der Waals surface area contributed by atoms with Gasteiger partial charge in [-0.15, -0.1) is 22.7 Å². The highest BCUT2D eigenvalue weighted by atomic mass is 32.1. The summed E-state index contributed by atoms with van der Waals surface area (Å²) in [6, 6.07) is -45.1. The minimum absolute atomic E-state index is 0.0544. The van der Waals surface area contributed by atoms with Crippen LogP contribution < -0.4 is 0 Å². The topological polar surface area (TPSA) is 0 Å². The van der Waals surface area contributed by atoms with Crippen LogP contribution in [0.4, 0.5) is 0 Å². The van der Waals surface area contributed by atoms with Crippen molar-refractivity contribution in [2.75, 3.05) is 0 Å². The molecule has 18 aromatic rings. The maximum Gasteiger partial charge on any atom is 0.0638 e. The van der Waals surface area contributed by atoms with Crippen LogP contribution in [0.25, 0.3) is 172 Å². The van der Waals surface area contributed by atoms with E-state index in [4.69, 9.17) is 45.2 Å². The summed E-state index contributed by atoms with van der Waals surface area (Å²) in [5.41, 5.74) is -8.77. The van der Waals surface area contributed by atoms with Gasteiger partial charge in [0, 0.05) is 40.3 Å². The maximum absolute atomic E-state index is 9.80. The summed E-state index contributed by atoms with van der Waals surface area (Å²) >= 11 is 1.40. The van der Waals surface area contributed by atoms with E-state index in [1.54, 1.807) is 0 Å². The van der Waals surface area contributed by atoms with Crippen LogP contribution in [0, 0.1) is 0 Å². The summed E-state index contributed by atoms with van der Waals surface area (Å²) in [5.74, 6) is 0. The van der Waals surface area contributed by atoms with Gasteiger partial charge in [-0.05, 0) is 174 Å². The Bertz CT molecular complexity index is 8750. The third-order valence-electron chi connectivity index (χ3n) is 13.9. The molecule has 0 nitrogen and oxygen atoms in total. The van der Waals surface area contributed by atoms with E-state index in [1.807, 2.05) is 0 Å². The Morgan fingerprint density at radius 1 is 0.174 bits per heavy atom. The van der Waals surface area contributed by atoms with Crippen molar-refractivity contribution in [3.05, 3.63) is 314 Å². The van der Waals surface area contributed by atoms with Crippen LogP contribution in [0.5, 0.6) is 0 Å². The minimum Gasteiger partial charge on any atom is -0.135 e. The summed E-state index contributed by atoms with van der Waals surface area (Å²) in [7, 11) is 0. The van der Waals surface area contributed by atoms with Crippen molar-refractivity contribution >= 4 is 128 Å². The van der Waals surface area contributed by atoms with E-state index in [-0.39, 0.29) is 40.3 Å². The van der Waals surface area contributed by atoms with Gasteiger partial charge in [-0.3, -0.25) is 0 Å². The molecule has 18 rings (SSSR count). The lowest BCUT2D eigenvalue weighted by Crippen LogP contribution is -1.91. The summed E-state index contributed by atoms with van der Waals surface area (Å²) in [6.07, 6.45) is 0. The fraction of sp³-hybridized carbons (Fsp3) is 0.